The highest BCUT2D eigenvalue weighted by atomic mass is 14.9. The Morgan fingerprint density at radius 2 is 1.33 bits per heavy atom. The van der Waals surface area contributed by atoms with Crippen LogP contribution in [0.25, 0.3) is 22.0 Å². The van der Waals surface area contributed by atoms with E-state index in [1.807, 2.05) is 0 Å². The number of hydrogen-bond donors (Lipinski definition) is 0. The highest BCUT2D eigenvalue weighted by molar-refractivity contribution is 5.92. The number of fused-ring (bicyclic) bond motifs is 1. The molecule has 0 atom stereocenters. The minimum atomic E-state index is 0.933. The normalized spacial score (nSPS) is 10.9. The minimum Gasteiger partial charge on any atom is -0.198 e. The van der Waals surface area contributed by atoms with E-state index in [1.54, 1.807) is 0 Å². The summed E-state index contributed by atoms with van der Waals surface area (Å²) in [7, 11) is 2.16. The predicted octanol–water partition coefficient (Wildman–Crippen LogP) is 4.92. The molecule has 0 aliphatic heterocycles. The van der Waals surface area contributed by atoms with Crippen LogP contribution in [0, 0.1) is 0 Å². The van der Waals surface area contributed by atoms with Gasteiger partial charge in [0.05, 0.1) is 11.8 Å². The zero-order valence-corrected chi connectivity index (χ0v) is 13.8. The number of aryl methyl sites for hydroxylation is 1. The Labute approximate surface area is 142 Å². The highest BCUT2D eigenvalue weighted by Crippen LogP contribution is 2.28. The van der Waals surface area contributed by atoms with Crippen LogP contribution in [0.1, 0.15) is 11.3 Å². The maximum absolute atomic E-state index is 2.34. The molecule has 3 aromatic carbocycles. The first-order valence-corrected chi connectivity index (χ1v) is 8.33. The van der Waals surface area contributed by atoms with Crippen molar-refractivity contribution in [1.82, 2.24) is 0 Å². The number of benzene rings is 3. The molecule has 4 rings (SSSR count). The molecule has 1 nitrogen and oxygen atoms in total. The summed E-state index contributed by atoms with van der Waals surface area (Å²) in [6.07, 6.45) is 0.933. The molecule has 0 unspecified atom stereocenters. The van der Waals surface area contributed by atoms with Gasteiger partial charge < -0.3 is 0 Å². The Balaban J connectivity index is 1.93. The highest BCUT2D eigenvalue weighted by Gasteiger charge is 2.17. The first kappa shape index (κ1) is 14.6. The fraction of sp³-hybridized carbons (Fsp3) is 0.0870. The smallest absolute Gasteiger partial charge is 0.198 e. The van der Waals surface area contributed by atoms with Crippen LogP contribution in [-0.2, 0) is 13.5 Å². The number of hydrogen-bond acceptors (Lipinski definition) is 0. The molecular formula is C23H20N+. The summed E-state index contributed by atoms with van der Waals surface area (Å²) in [6.45, 7) is 0. The molecule has 0 spiro atoms. The van der Waals surface area contributed by atoms with Crippen LogP contribution in [0.2, 0.25) is 0 Å². The molecule has 0 N–H and O–H groups in total. The van der Waals surface area contributed by atoms with Gasteiger partial charge in [0.15, 0.2) is 5.69 Å². The van der Waals surface area contributed by atoms with Gasteiger partial charge in [0, 0.05) is 17.7 Å². The van der Waals surface area contributed by atoms with Gasteiger partial charge >= 0.3 is 0 Å². The van der Waals surface area contributed by atoms with Crippen LogP contribution in [-0.4, -0.2) is 0 Å². The lowest BCUT2D eigenvalue weighted by molar-refractivity contribution is -0.652. The molecule has 0 saturated carbocycles. The van der Waals surface area contributed by atoms with Crippen LogP contribution in [0.4, 0.5) is 0 Å². The summed E-state index contributed by atoms with van der Waals surface area (Å²) in [5.41, 5.74) is 6.49. The quantitative estimate of drug-likeness (QED) is 0.473. The summed E-state index contributed by atoms with van der Waals surface area (Å²) >= 11 is 0. The molecule has 1 aromatic heterocycles. The molecular weight excluding hydrogens is 290 g/mol. The van der Waals surface area contributed by atoms with E-state index in [0.717, 1.165) is 6.42 Å². The number of para-hydroxylation sites is 1. The zero-order valence-electron chi connectivity index (χ0n) is 13.8. The van der Waals surface area contributed by atoms with E-state index in [2.05, 4.69) is 103 Å². The molecule has 0 bridgehead atoms. The SMILES string of the molecule is C[n+]1c(Cc2ccccc2)cc(-c2ccccc2)c2ccccc21. The van der Waals surface area contributed by atoms with Gasteiger partial charge in [-0.25, -0.2) is 0 Å². The maximum atomic E-state index is 2.34. The number of nitrogens with zero attached hydrogens (tertiary/aromatic N) is 1. The molecule has 0 aliphatic rings. The standard InChI is InChI=1S/C23H20N/c1-24-20(16-18-10-4-2-5-11-18)17-22(19-12-6-3-7-13-19)21-14-8-9-15-23(21)24/h2-15,17H,16H2,1H3/q+1. The topological polar surface area (TPSA) is 3.88 Å². The van der Waals surface area contributed by atoms with E-state index in [-0.39, 0.29) is 0 Å². The van der Waals surface area contributed by atoms with Gasteiger partial charge in [-0.3, -0.25) is 0 Å². The molecule has 1 heteroatoms. The van der Waals surface area contributed by atoms with Crippen LogP contribution >= 0.6 is 0 Å². The molecule has 116 valence electrons. The van der Waals surface area contributed by atoms with E-state index in [4.69, 9.17) is 0 Å². The lowest BCUT2D eigenvalue weighted by Crippen LogP contribution is -2.34. The van der Waals surface area contributed by atoms with Crippen molar-refractivity contribution in [3.8, 4) is 11.1 Å². The van der Waals surface area contributed by atoms with Crippen LogP contribution in [0.5, 0.6) is 0 Å². The third-order valence-electron chi connectivity index (χ3n) is 4.61. The summed E-state index contributed by atoms with van der Waals surface area (Å²) in [5, 5.41) is 1.29. The third kappa shape index (κ3) is 2.69. The van der Waals surface area contributed by atoms with Gasteiger partial charge in [-0.2, -0.15) is 4.57 Å². The lowest BCUT2D eigenvalue weighted by atomic mass is 9.98. The van der Waals surface area contributed by atoms with E-state index in [0.29, 0.717) is 0 Å². The van der Waals surface area contributed by atoms with Crippen molar-refractivity contribution in [3.05, 3.63) is 102 Å². The average Bonchev–Trinajstić information content (AvgIpc) is 2.66. The summed E-state index contributed by atoms with van der Waals surface area (Å²) in [5.74, 6) is 0. The van der Waals surface area contributed by atoms with Crippen molar-refractivity contribution < 1.29 is 4.57 Å². The van der Waals surface area contributed by atoms with E-state index in [9.17, 15) is 0 Å². The zero-order chi connectivity index (χ0) is 16.4. The van der Waals surface area contributed by atoms with Crippen molar-refractivity contribution in [2.45, 2.75) is 6.42 Å². The second kappa shape index (κ2) is 6.29. The van der Waals surface area contributed by atoms with Crippen molar-refractivity contribution in [2.75, 3.05) is 0 Å². The Morgan fingerprint density at radius 3 is 2.08 bits per heavy atom. The molecule has 0 fully saturated rings. The van der Waals surface area contributed by atoms with Crippen LogP contribution < -0.4 is 4.57 Å². The largest absolute Gasteiger partial charge is 0.213 e. The molecule has 0 radical (unpaired) electrons. The summed E-state index contributed by atoms with van der Waals surface area (Å²) in [6, 6.07) is 32.3. The number of pyridine rings is 1. The number of rotatable bonds is 3. The molecule has 4 aromatic rings. The molecule has 0 saturated heterocycles. The number of aromatic nitrogens is 1. The van der Waals surface area contributed by atoms with Gasteiger partial charge in [-0.15, -0.1) is 0 Å². The predicted molar refractivity (Wildman–Crippen MR) is 99.8 cm³/mol. The minimum absolute atomic E-state index is 0.933. The average molecular weight is 310 g/mol. The molecule has 0 aliphatic carbocycles. The van der Waals surface area contributed by atoms with E-state index in [1.165, 1.54) is 33.3 Å². The third-order valence-corrected chi connectivity index (χ3v) is 4.61. The van der Waals surface area contributed by atoms with Crippen molar-refractivity contribution >= 4 is 10.9 Å². The second-order valence-electron chi connectivity index (χ2n) is 6.15. The van der Waals surface area contributed by atoms with Crippen LogP contribution in [0.3, 0.4) is 0 Å². The summed E-state index contributed by atoms with van der Waals surface area (Å²) < 4.78 is 2.31. The Morgan fingerprint density at radius 1 is 0.708 bits per heavy atom. The second-order valence-corrected chi connectivity index (χ2v) is 6.15. The fourth-order valence-electron chi connectivity index (χ4n) is 3.32. The van der Waals surface area contributed by atoms with Gasteiger partial charge in [0.2, 0.25) is 5.52 Å². The molecule has 0 amide bonds. The molecule has 1 heterocycles. The summed E-state index contributed by atoms with van der Waals surface area (Å²) in [4.78, 5) is 0. The van der Waals surface area contributed by atoms with E-state index < -0.39 is 0 Å². The lowest BCUT2D eigenvalue weighted by Gasteiger charge is -2.10. The van der Waals surface area contributed by atoms with Gasteiger partial charge in [-0.1, -0.05) is 72.8 Å². The van der Waals surface area contributed by atoms with Crippen molar-refractivity contribution in [3.63, 3.8) is 0 Å². The Kier molecular flexibility index (Phi) is 3.84. The van der Waals surface area contributed by atoms with Gasteiger partial charge in [0.1, 0.15) is 7.05 Å². The van der Waals surface area contributed by atoms with Gasteiger partial charge in [0.25, 0.3) is 0 Å². The van der Waals surface area contributed by atoms with Gasteiger partial charge in [-0.05, 0) is 17.2 Å². The van der Waals surface area contributed by atoms with Crippen molar-refractivity contribution in [2.24, 2.45) is 7.05 Å². The Hall–Kier alpha value is -2.93. The maximum Gasteiger partial charge on any atom is 0.213 e. The molecule has 24 heavy (non-hydrogen) atoms. The monoisotopic (exact) mass is 310 g/mol. The van der Waals surface area contributed by atoms with E-state index >= 15 is 0 Å². The fourth-order valence-corrected chi connectivity index (χ4v) is 3.32. The first-order chi connectivity index (χ1) is 11.8. The van der Waals surface area contributed by atoms with Crippen molar-refractivity contribution in [1.29, 1.82) is 0 Å². The van der Waals surface area contributed by atoms with Crippen LogP contribution in [0.15, 0.2) is 91.0 Å². The first-order valence-electron chi connectivity index (χ1n) is 8.33. The Bertz CT molecular complexity index is 973.